The van der Waals surface area contributed by atoms with Gasteiger partial charge in [0.2, 0.25) is 5.75 Å². The third-order valence-corrected chi connectivity index (χ3v) is 2.30. The molecule has 1 aromatic rings. The second-order valence-electron chi connectivity index (χ2n) is 3.44. The summed E-state index contributed by atoms with van der Waals surface area (Å²) in [4.78, 5) is 10.0. The molecule has 0 aliphatic carbocycles. The van der Waals surface area contributed by atoms with Crippen molar-refractivity contribution >= 4 is 6.29 Å². The Bertz CT molecular complexity index is 349. The minimum atomic E-state index is 0.457. The van der Waals surface area contributed by atoms with Gasteiger partial charge in [0.1, 0.15) is 0 Å². The summed E-state index contributed by atoms with van der Waals surface area (Å²) in [6.45, 7) is 0.547. The fourth-order valence-corrected chi connectivity index (χ4v) is 1.45. The smallest absolute Gasteiger partial charge is 0.203 e. The SMILES string of the molecule is COc1cccc(OCCCC[C]=O)c1OC. The fraction of sp³-hybridized carbons (Fsp3) is 0.462. The largest absolute Gasteiger partial charge is 0.493 e. The first-order chi connectivity index (χ1) is 8.33. The molecule has 0 fully saturated rings. The molecule has 4 heteroatoms. The van der Waals surface area contributed by atoms with Gasteiger partial charge in [-0.15, -0.1) is 0 Å². The van der Waals surface area contributed by atoms with Crippen LogP contribution in [0.4, 0.5) is 0 Å². The lowest BCUT2D eigenvalue weighted by Crippen LogP contribution is -2.00. The average Bonchev–Trinajstić information content (AvgIpc) is 2.38. The topological polar surface area (TPSA) is 44.8 Å². The first-order valence-corrected chi connectivity index (χ1v) is 5.52. The van der Waals surface area contributed by atoms with Crippen LogP contribution in [0.1, 0.15) is 19.3 Å². The molecule has 0 amide bonds. The van der Waals surface area contributed by atoms with Crippen molar-refractivity contribution in [2.75, 3.05) is 20.8 Å². The van der Waals surface area contributed by atoms with Crippen LogP contribution in [0.3, 0.4) is 0 Å². The first-order valence-electron chi connectivity index (χ1n) is 5.52. The van der Waals surface area contributed by atoms with Gasteiger partial charge in [-0.2, -0.15) is 0 Å². The van der Waals surface area contributed by atoms with E-state index in [4.69, 9.17) is 14.2 Å². The van der Waals surface area contributed by atoms with Crippen LogP contribution in [-0.2, 0) is 4.79 Å². The van der Waals surface area contributed by atoms with Gasteiger partial charge in [-0.1, -0.05) is 6.07 Å². The summed E-state index contributed by atoms with van der Waals surface area (Å²) in [6.07, 6.45) is 3.92. The molecular formula is C13H17O4. The van der Waals surface area contributed by atoms with Gasteiger partial charge in [0, 0.05) is 6.42 Å². The third kappa shape index (κ3) is 3.98. The summed E-state index contributed by atoms with van der Waals surface area (Å²) in [7, 11) is 3.16. The number of unbranched alkanes of at least 4 members (excludes halogenated alkanes) is 2. The van der Waals surface area contributed by atoms with E-state index in [1.54, 1.807) is 14.2 Å². The normalized spacial score (nSPS) is 9.76. The van der Waals surface area contributed by atoms with Crippen molar-refractivity contribution in [3.63, 3.8) is 0 Å². The van der Waals surface area contributed by atoms with E-state index in [1.807, 2.05) is 24.5 Å². The molecule has 0 saturated heterocycles. The Balaban J connectivity index is 2.54. The molecule has 0 aromatic heterocycles. The summed E-state index contributed by atoms with van der Waals surface area (Å²) in [5.41, 5.74) is 0. The molecule has 1 aromatic carbocycles. The number of para-hydroxylation sites is 1. The number of hydrogen-bond acceptors (Lipinski definition) is 4. The van der Waals surface area contributed by atoms with Crippen molar-refractivity contribution in [3.8, 4) is 17.2 Å². The zero-order chi connectivity index (χ0) is 12.5. The summed E-state index contributed by atoms with van der Waals surface area (Å²) in [6, 6.07) is 5.48. The molecule has 0 N–H and O–H groups in total. The Morgan fingerprint density at radius 3 is 2.53 bits per heavy atom. The van der Waals surface area contributed by atoms with Crippen molar-refractivity contribution in [1.29, 1.82) is 0 Å². The third-order valence-electron chi connectivity index (χ3n) is 2.30. The lowest BCUT2D eigenvalue weighted by molar-refractivity contribution is 0.278. The van der Waals surface area contributed by atoms with Crippen molar-refractivity contribution in [2.45, 2.75) is 19.3 Å². The Morgan fingerprint density at radius 2 is 1.88 bits per heavy atom. The monoisotopic (exact) mass is 237 g/mol. The Morgan fingerprint density at radius 1 is 1.12 bits per heavy atom. The molecule has 0 spiro atoms. The minimum Gasteiger partial charge on any atom is -0.493 e. The number of ether oxygens (including phenoxy) is 3. The average molecular weight is 237 g/mol. The van der Waals surface area contributed by atoms with Crippen LogP contribution in [0.2, 0.25) is 0 Å². The number of benzene rings is 1. The molecule has 0 unspecified atom stereocenters. The van der Waals surface area contributed by atoms with Gasteiger partial charge in [0.15, 0.2) is 17.8 Å². The quantitative estimate of drug-likeness (QED) is 0.651. The molecule has 0 heterocycles. The molecule has 93 valence electrons. The highest BCUT2D eigenvalue weighted by Gasteiger charge is 2.09. The summed E-state index contributed by atoms with van der Waals surface area (Å²) in [5, 5.41) is 0. The number of rotatable bonds is 8. The van der Waals surface area contributed by atoms with Gasteiger partial charge < -0.3 is 14.2 Å². The minimum absolute atomic E-state index is 0.457. The number of methoxy groups -OCH3 is 2. The molecule has 4 nitrogen and oxygen atoms in total. The number of carbonyl (C=O) groups excluding carboxylic acids is 1. The molecule has 1 rings (SSSR count). The van der Waals surface area contributed by atoms with Crippen LogP contribution >= 0.6 is 0 Å². The van der Waals surface area contributed by atoms with E-state index in [9.17, 15) is 4.79 Å². The maximum absolute atomic E-state index is 10.0. The second-order valence-corrected chi connectivity index (χ2v) is 3.44. The van der Waals surface area contributed by atoms with E-state index in [-0.39, 0.29) is 0 Å². The van der Waals surface area contributed by atoms with Crippen molar-refractivity contribution in [1.82, 2.24) is 0 Å². The van der Waals surface area contributed by atoms with Gasteiger partial charge in [-0.05, 0) is 25.0 Å². The predicted molar refractivity (Wildman–Crippen MR) is 64.6 cm³/mol. The van der Waals surface area contributed by atoms with Crippen LogP contribution < -0.4 is 14.2 Å². The molecule has 0 aliphatic rings. The molecule has 0 atom stereocenters. The van der Waals surface area contributed by atoms with E-state index >= 15 is 0 Å². The molecule has 1 radical (unpaired) electrons. The molecule has 17 heavy (non-hydrogen) atoms. The van der Waals surface area contributed by atoms with Crippen molar-refractivity contribution < 1.29 is 19.0 Å². The molecule has 0 bridgehead atoms. The van der Waals surface area contributed by atoms with Crippen LogP contribution in [-0.4, -0.2) is 27.1 Å². The molecule has 0 aliphatic heterocycles. The maximum atomic E-state index is 10.0. The summed E-state index contributed by atoms with van der Waals surface area (Å²) in [5.74, 6) is 1.89. The van der Waals surface area contributed by atoms with Crippen LogP contribution in [0.15, 0.2) is 18.2 Å². The van der Waals surface area contributed by atoms with Gasteiger partial charge in [-0.3, -0.25) is 4.79 Å². The summed E-state index contributed by atoms with van der Waals surface area (Å²) >= 11 is 0. The first kappa shape index (κ1) is 13.4. The van der Waals surface area contributed by atoms with E-state index in [2.05, 4.69) is 0 Å². The van der Waals surface area contributed by atoms with E-state index in [0.29, 0.717) is 30.3 Å². The van der Waals surface area contributed by atoms with Gasteiger partial charge in [0.25, 0.3) is 0 Å². The number of hydrogen-bond donors (Lipinski definition) is 0. The molecular weight excluding hydrogens is 220 g/mol. The van der Waals surface area contributed by atoms with E-state index < -0.39 is 0 Å². The lowest BCUT2D eigenvalue weighted by Gasteiger charge is -2.13. The van der Waals surface area contributed by atoms with Crippen LogP contribution in [0.5, 0.6) is 17.2 Å². The van der Waals surface area contributed by atoms with Crippen molar-refractivity contribution in [3.05, 3.63) is 18.2 Å². The van der Waals surface area contributed by atoms with E-state index in [0.717, 1.165) is 12.8 Å². The highest BCUT2D eigenvalue weighted by atomic mass is 16.5. The van der Waals surface area contributed by atoms with Gasteiger partial charge in [-0.25, -0.2) is 0 Å². The highest BCUT2D eigenvalue weighted by molar-refractivity contribution is 5.51. The standard InChI is InChI=1S/C13H17O4/c1-15-11-7-6-8-12(13(11)16-2)17-10-5-3-4-9-14/h6-8H,3-5,10H2,1-2H3. The second kappa shape index (κ2) is 7.54. The fourth-order valence-electron chi connectivity index (χ4n) is 1.45. The maximum Gasteiger partial charge on any atom is 0.203 e. The Labute approximate surface area is 101 Å². The lowest BCUT2D eigenvalue weighted by atomic mass is 10.2. The zero-order valence-electron chi connectivity index (χ0n) is 10.2. The van der Waals surface area contributed by atoms with E-state index in [1.165, 1.54) is 0 Å². The predicted octanol–water partition coefficient (Wildman–Crippen LogP) is 2.36. The molecule has 0 saturated carbocycles. The van der Waals surface area contributed by atoms with Crippen molar-refractivity contribution in [2.24, 2.45) is 0 Å². The van der Waals surface area contributed by atoms with Gasteiger partial charge in [0.05, 0.1) is 20.8 Å². The van der Waals surface area contributed by atoms with Gasteiger partial charge >= 0.3 is 0 Å². The Hall–Kier alpha value is -1.71. The zero-order valence-corrected chi connectivity index (χ0v) is 10.2. The Kier molecular flexibility index (Phi) is 5.93. The van der Waals surface area contributed by atoms with Crippen LogP contribution in [0, 0.1) is 0 Å². The van der Waals surface area contributed by atoms with Crippen LogP contribution in [0.25, 0.3) is 0 Å². The highest BCUT2D eigenvalue weighted by Crippen LogP contribution is 2.36. The summed E-state index contributed by atoms with van der Waals surface area (Å²) < 4.78 is 16.0.